The normalized spacial score (nSPS) is 11.2. The SMILES string of the molecule is ClP(Cl)c1cc2ccccc2[nH]1. The first-order valence-corrected chi connectivity index (χ1v) is 6.62. The molecule has 0 unspecified atom stereocenters. The molecule has 0 fully saturated rings. The molecular formula is C8H6Cl2NP. The number of halogens is 2. The van der Waals surface area contributed by atoms with E-state index in [2.05, 4.69) is 4.98 Å². The summed E-state index contributed by atoms with van der Waals surface area (Å²) in [6.45, 7) is -1.05. The van der Waals surface area contributed by atoms with E-state index in [0.717, 1.165) is 16.3 Å². The molecule has 2 rings (SSSR count). The molecule has 12 heavy (non-hydrogen) atoms. The average Bonchev–Trinajstić information content (AvgIpc) is 2.46. The van der Waals surface area contributed by atoms with Crippen molar-refractivity contribution in [2.24, 2.45) is 0 Å². The molecule has 0 saturated heterocycles. The number of para-hydroxylation sites is 1. The topological polar surface area (TPSA) is 15.8 Å². The number of rotatable bonds is 1. The molecule has 4 heteroatoms. The van der Waals surface area contributed by atoms with Crippen molar-refractivity contribution < 1.29 is 0 Å². The maximum atomic E-state index is 5.77. The van der Waals surface area contributed by atoms with E-state index in [4.69, 9.17) is 22.5 Å². The minimum Gasteiger partial charge on any atom is -0.353 e. The number of benzene rings is 1. The standard InChI is InChI=1S/C8H6Cl2NP/c9-12(10)8-5-6-3-1-2-4-7(6)11-8/h1-5,11H. The van der Waals surface area contributed by atoms with Crippen LogP contribution in [0.4, 0.5) is 0 Å². The number of hydrogen-bond donors (Lipinski definition) is 1. The van der Waals surface area contributed by atoms with E-state index in [-0.39, 0.29) is 0 Å². The summed E-state index contributed by atoms with van der Waals surface area (Å²) >= 11 is 11.5. The van der Waals surface area contributed by atoms with Crippen LogP contribution in [0.2, 0.25) is 0 Å². The molecule has 0 spiro atoms. The van der Waals surface area contributed by atoms with Crippen LogP contribution in [0.1, 0.15) is 0 Å². The van der Waals surface area contributed by atoms with Gasteiger partial charge in [0.25, 0.3) is 0 Å². The van der Waals surface area contributed by atoms with Crippen molar-refractivity contribution in [3.63, 3.8) is 0 Å². The zero-order valence-corrected chi connectivity index (χ0v) is 8.50. The third kappa shape index (κ3) is 1.45. The molecule has 0 bridgehead atoms. The van der Waals surface area contributed by atoms with Crippen LogP contribution in [0.15, 0.2) is 30.3 Å². The zero-order valence-electron chi connectivity index (χ0n) is 6.09. The Balaban J connectivity index is 2.62. The van der Waals surface area contributed by atoms with Crippen molar-refractivity contribution in [3.05, 3.63) is 30.3 Å². The fourth-order valence-electron chi connectivity index (χ4n) is 1.15. The molecular weight excluding hydrogens is 212 g/mol. The van der Waals surface area contributed by atoms with Crippen molar-refractivity contribution in [1.29, 1.82) is 0 Å². The summed E-state index contributed by atoms with van der Waals surface area (Å²) in [6.07, 6.45) is 0. The third-order valence-electron chi connectivity index (χ3n) is 1.70. The van der Waals surface area contributed by atoms with Gasteiger partial charge in [0.1, 0.15) is 6.63 Å². The van der Waals surface area contributed by atoms with Crippen molar-refractivity contribution in [1.82, 2.24) is 4.98 Å². The molecule has 0 saturated carbocycles. The summed E-state index contributed by atoms with van der Waals surface area (Å²) in [5.41, 5.74) is 2.00. The summed E-state index contributed by atoms with van der Waals surface area (Å²) in [4.78, 5) is 3.16. The molecule has 0 radical (unpaired) electrons. The highest BCUT2D eigenvalue weighted by molar-refractivity contribution is 8.08. The van der Waals surface area contributed by atoms with Gasteiger partial charge in [-0.25, -0.2) is 0 Å². The van der Waals surface area contributed by atoms with Crippen molar-refractivity contribution in [2.75, 3.05) is 0 Å². The lowest BCUT2D eigenvalue weighted by atomic mass is 10.3. The van der Waals surface area contributed by atoms with Crippen LogP contribution < -0.4 is 5.44 Å². The second kappa shape index (κ2) is 3.26. The van der Waals surface area contributed by atoms with Gasteiger partial charge in [0.15, 0.2) is 0 Å². The Hall–Kier alpha value is -0.230. The molecule has 0 amide bonds. The Morgan fingerprint density at radius 1 is 1.17 bits per heavy atom. The Labute approximate surface area is 81.0 Å². The third-order valence-corrected chi connectivity index (χ3v) is 3.40. The smallest absolute Gasteiger partial charge is 0.133 e. The predicted molar refractivity (Wildman–Crippen MR) is 56.6 cm³/mol. The van der Waals surface area contributed by atoms with E-state index in [1.54, 1.807) is 0 Å². The maximum absolute atomic E-state index is 5.77. The Kier molecular flexibility index (Phi) is 2.27. The number of hydrogen-bond acceptors (Lipinski definition) is 0. The lowest BCUT2D eigenvalue weighted by molar-refractivity contribution is 1.55. The molecule has 0 aliphatic carbocycles. The molecule has 1 heterocycles. The molecule has 2 aromatic rings. The Morgan fingerprint density at radius 3 is 2.58 bits per heavy atom. The van der Waals surface area contributed by atoms with Crippen LogP contribution in [0.25, 0.3) is 10.9 Å². The first-order valence-electron chi connectivity index (χ1n) is 3.47. The summed E-state index contributed by atoms with van der Waals surface area (Å²) in [5, 5.41) is 1.15. The number of aromatic amines is 1. The molecule has 62 valence electrons. The number of H-pyrrole nitrogens is 1. The lowest BCUT2D eigenvalue weighted by Gasteiger charge is -1.91. The summed E-state index contributed by atoms with van der Waals surface area (Å²) in [7, 11) is 0. The summed E-state index contributed by atoms with van der Waals surface area (Å²) in [5.74, 6) is 0. The second-order valence-corrected chi connectivity index (χ2v) is 5.97. The highest BCUT2D eigenvalue weighted by atomic mass is 35.9. The molecule has 1 N–H and O–H groups in total. The number of fused-ring (bicyclic) bond motifs is 1. The van der Waals surface area contributed by atoms with Gasteiger partial charge < -0.3 is 4.98 Å². The van der Waals surface area contributed by atoms with Crippen molar-refractivity contribution in [3.8, 4) is 0 Å². The van der Waals surface area contributed by atoms with Crippen LogP contribution in [0, 0.1) is 0 Å². The minimum absolute atomic E-state index is 0.912. The van der Waals surface area contributed by atoms with Crippen LogP contribution >= 0.6 is 29.1 Å². The van der Waals surface area contributed by atoms with Crippen LogP contribution in [0.3, 0.4) is 0 Å². The van der Waals surface area contributed by atoms with Gasteiger partial charge in [0.05, 0.1) is 5.44 Å². The van der Waals surface area contributed by atoms with Crippen molar-refractivity contribution >= 4 is 45.4 Å². The Morgan fingerprint density at radius 2 is 1.92 bits per heavy atom. The highest BCUT2D eigenvalue weighted by Crippen LogP contribution is 2.45. The van der Waals surface area contributed by atoms with Crippen LogP contribution in [0.5, 0.6) is 0 Å². The van der Waals surface area contributed by atoms with Gasteiger partial charge in [0.2, 0.25) is 0 Å². The first-order chi connectivity index (χ1) is 5.77. The van der Waals surface area contributed by atoms with Gasteiger partial charge in [-0.3, -0.25) is 0 Å². The summed E-state index contributed by atoms with van der Waals surface area (Å²) < 4.78 is 0. The van der Waals surface area contributed by atoms with E-state index in [1.165, 1.54) is 0 Å². The monoisotopic (exact) mass is 217 g/mol. The van der Waals surface area contributed by atoms with Gasteiger partial charge in [0, 0.05) is 10.9 Å². The minimum atomic E-state index is -1.05. The predicted octanol–water partition coefficient (Wildman–Crippen LogP) is 3.58. The van der Waals surface area contributed by atoms with E-state index < -0.39 is 6.63 Å². The lowest BCUT2D eigenvalue weighted by Crippen LogP contribution is -1.91. The van der Waals surface area contributed by atoms with Gasteiger partial charge in [-0.05, 0) is 12.1 Å². The van der Waals surface area contributed by atoms with E-state index >= 15 is 0 Å². The van der Waals surface area contributed by atoms with Gasteiger partial charge >= 0.3 is 0 Å². The Bertz CT molecular complexity index is 364. The number of nitrogens with one attached hydrogen (secondary N) is 1. The van der Waals surface area contributed by atoms with Gasteiger partial charge in [-0.2, -0.15) is 0 Å². The van der Waals surface area contributed by atoms with Crippen LogP contribution in [-0.4, -0.2) is 4.98 Å². The molecule has 0 aliphatic heterocycles. The fraction of sp³-hybridized carbons (Fsp3) is 0. The van der Waals surface area contributed by atoms with E-state index in [0.29, 0.717) is 0 Å². The first kappa shape index (κ1) is 8.37. The molecule has 0 aliphatic rings. The maximum Gasteiger partial charge on any atom is 0.133 e. The van der Waals surface area contributed by atoms with E-state index in [9.17, 15) is 0 Å². The largest absolute Gasteiger partial charge is 0.353 e. The zero-order chi connectivity index (χ0) is 8.55. The summed E-state index contributed by atoms with van der Waals surface area (Å²) in [6, 6.07) is 9.99. The van der Waals surface area contributed by atoms with Crippen molar-refractivity contribution in [2.45, 2.75) is 0 Å². The van der Waals surface area contributed by atoms with E-state index in [1.807, 2.05) is 30.3 Å². The second-order valence-electron chi connectivity index (χ2n) is 2.47. The molecule has 0 atom stereocenters. The quantitative estimate of drug-likeness (QED) is 0.704. The molecule has 1 nitrogen and oxygen atoms in total. The number of aromatic nitrogens is 1. The fourth-order valence-corrected chi connectivity index (χ4v) is 2.14. The molecule has 1 aromatic heterocycles. The molecule has 1 aromatic carbocycles. The van der Waals surface area contributed by atoms with Crippen LogP contribution in [-0.2, 0) is 0 Å². The van der Waals surface area contributed by atoms with Gasteiger partial charge in [-0.1, -0.05) is 40.7 Å². The highest BCUT2D eigenvalue weighted by Gasteiger charge is 2.06. The average molecular weight is 218 g/mol. The van der Waals surface area contributed by atoms with Gasteiger partial charge in [-0.15, -0.1) is 0 Å².